The first-order valence-corrected chi connectivity index (χ1v) is 9.86. The molecule has 29 heavy (non-hydrogen) atoms. The lowest BCUT2D eigenvalue weighted by Crippen LogP contribution is -2.49. The van der Waals surface area contributed by atoms with Gasteiger partial charge in [0, 0.05) is 25.3 Å². The van der Waals surface area contributed by atoms with Crippen molar-refractivity contribution in [2.24, 2.45) is 4.99 Å². The predicted molar refractivity (Wildman–Crippen MR) is 125 cm³/mol. The molecule has 0 saturated heterocycles. The Hall–Kier alpha value is -1.65. The first kappa shape index (κ1) is 27.4. The van der Waals surface area contributed by atoms with Gasteiger partial charge in [-0.15, -0.1) is 24.0 Å². The van der Waals surface area contributed by atoms with Crippen LogP contribution in [0.1, 0.15) is 59.6 Å². The molecule has 0 aliphatic carbocycles. The SMILES string of the molecule is CCCCC(CNC(=O)OC(C)(C)C)NC(=NCc1ncccc1F)NCC.I. The molecule has 1 rings (SSSR count). The molecular weight excluding hydrogens is 488 g/mol. The lowest BCUT2D eigenvalue weighted by atomic mass is 10.1. The number of rotatable bonds is 9. The van der Waals surface area contributed by atoms with Crippen LogP contribution in [0, 0.1) is 5.82 Å². The molecule has 0 aliphatic rings. The Labute approximate surface area is 190 Å². The van der Waals surface area contributed by atoms with Crippen molar-refractivity contribution in [2.45, 2.75) is 72.1 Å². The molecule has 1 atom stereocenters. The van der Waals surface area contributed by atoms with E-state index in [4.69, 9.17) is 4.74 Å². The van der Waals surface area contributed by atoms with Gasteiger partial charge >= 0.3 is 6.09 Å². The van der Waals surface area contributed by atoms with Gasteiger partial charge in [-0.2, -0.15) is 0 Å². The highest BCUT2D eigenvalue weighted by molar-refractivity contribution is 14.0. The molecule has 0 fully saturated rings. The highest BCUT2D eigenvalue weighted by Gasteiger charge is 2.18. The van der Waals surface area contributed by atoms with E-state index in [-0.39, 0.29) is 48.1 Å². The number of carbonyl (C=O) groups excluding carboxylic acids is 1. The summed E-state index contributed by atoms with van der Waals surface area (Å²) in [5.74, 6) is 0.177. The number of ether oxygens (including phenoxy) is 1. The second-order valence-electron chi connectivity index (χ2n) is 7.49. The second-order valence-corrected chi connectivity index (χ2v) is 7.49. The monoisotopic (exact) mass is 523 g/mol. The van der Waals surface area contributed by atoms with Gasteiger partial charge in [0.15, 0.2) is 5.96 Å². The van der Waals surface area contributed by atoms with Crippen molar-refractivity contribution in [3.8, 4) is 0 Å². The van der Waals surface area contributed by atoms with Crippen LogP contribution in [0.5, 0.6) is 0 Å². The van der Waals surface area contributed by atoms with E-state index in [1.54, 1.807) is 12.3 Å². The Morgan fingerprint density at radius 2 is 2.03 bits per heavy atom. The summed E-state index contributed by atoms with van der Waals surface area (Å²) in [7, 11) is 0. The molecule has 0 aliphatic heterocycles. The maximum absolute atomic E-state index is 13.8. The summed E-state index contributed by atoms with van der Waals surface area (Å²) in [5, 5.41) is 9.27. The predicted octanol–water partition coefficient (Wildman–Crippen LogP) is 3.98. The molecule has 7 nitrogen and oxygen atoms in total. The summed E-state index contributed by atoms with van der Waals surface area (Å²) < 4.78 is 19.1. The number of carbonyl (C=O) groups is 1. The number of guanidine groups is 1. The molecule has 1 aromatic rings. The Kier molecular flexibility index (Phi) is 13.5. The van der Waals surface area contributed by atoms with Gasteiger partial charge in [-0.1, -0.05) is 19.8 Å². The molecule has 0 aromatic carbocycles. The van der Waals surface area contributed by atoms with Crippen molar-refractivity contribution < 1.29 is 13.9 Å². The number of hydrogen-bond donors (Lipinski definition) is 3. The van der Waals surface area contributed by atoms with Crippen LogP contribution in [-0.4, -0.2) is 41.8 Å². The third-order valence-corrected chi connectivity index (χ3v) is 3.70. The number of aromatic nitrogens is 1. The zero-order valence-electron chi connectivity index (χ0n) is 18.0. The summed E-state index contributed by atoms with van der Waals surface area (Å²) >= 11 is 0. The summed E-state index contributed by atoms with van der Waals surface area (Å²) in [6, 6.07) is 2.89. The summed E-state index contributed by atoms with van der Waals surface area (Å²) in [6.07, 6.45) is 3.99. The number of unbranched alkanes of at least 4 members (excludes halogenated alkanes) is 1. The lowest BCUT2D eigenvalue weighted by Gasteiger charge is -2.24. The smallest absolute Gasteiger partial charge is 0.407 e. The minimum Gasteiger partial charge on any atom is -0.444 e. The minimum absolute atomic E-state index is 0. The standard InChI is InChI=1S/C20H34FN5O2.HI/c1-6-8-10-15(13-25-19(27)28-20(3,4)5)26-18(22-7-2)24-14-17-16(21)11-9-12-23-17;/h9,11-12,15H,6-8,10,13-14H2,1-5H3,(H,25,27)(H2,22,24,26);1H. The number of nitrogens with zero attached hydrogens (tertiary/aromatic N) is 2. The van der Waals surface area contributed by atoms with Crippen molar-refractivity contribution in [1.29, 1.82) is 0 Å². The largest absolute Gasteiger partial charge is 0.444 e. The molecule has 1 aromatic heterocycles. The topological polar surface area (TPSA) is 87.6 Å². The number of alkyl carbamates (subject to hydrolysis) is 1. The van der Waals surface area contributed by atoms with E-state index in [2.05, 4.69) is 32.9 Å². The zero-order valence-corrected chi connectivity index (χ0v) is 20.4. The molecule has 1 amide bonds. The fourth-order valence-electron chi connectivity index (χ4n) is 2.40. The molecule has 9 heteroatoms. The van der Waals surface area contributed by atoms with E-state index in [1.807, 2.05) is 27.7 Å². The maximum Gasteiger partial charge on any atom is 0.407 e. The highest BCUT2D eigenvalue weighted by atomic mass is 127. The van der Waals surface area contributed by atoms with E-state index < -0.39 is 11.7 Å². The van der Waals surface area contributed by atoms with Crippen LogP contribution in [0.25, 0.3) is 0 Å². The van der Waals surface area contributed by atoms with Crippen LogP contribution in [0.15, 0.2) is 23.3 Å². The fourth-order valence-corrected chi connectivity index (χ4v) is 2.40. The van der Waals surface area contributed by atoms with Crippen molar-refractivity contribution in [1.82, 2.24) is 20.9 Å². The average Bonchev–Trinajstić information content (AvgIpc) is 2.61. The van der Waals surface area contributed by atoms with Crippen LogP contribution in [0.4, 0.5) is 9.18 Å². The van der Waals surface area contributed by atoms with E-state index in [1.165, 1.54) is 6.07 Å². The van der Waals surface area contributed by atoms with Gasteiger partial charge in [-0.05, 0) is 46.2 Å². The van der Waals surface area contributed by atoms with Gasteiger partial charge in [-0.25, -0.2) is 14.2 Å². The first-order valence-electron chi connectivity index (χ1n) is 9.86. The van der Waals surface area contributed by atoms with E-state index >= 15 is 0 Å². The van der Waals surface area contributed by atoms with Gasteiger partial charge in [0.25, 0.3) is 0 Å². The van der Waals surface area contributed by atoms with Gasteiger partial charge < -0.3 is 20.7 Å². The second kappa shape index (κ2) is 14.4. The van der Waals surface area contributed by atoms with Crippen LogP contribution >= 0.6 is 24.0 Å². The van der Waals surface area contributed by atoms with E-state index in [9.17, 15) is 9.18 Å². The van der Waals surface area contributed by atoms with Crippen LogP contribution in [-0.2, 0) is 11.3 Å². The fraction of sp³-hybridized carbons (Fsp3) is 0.650. The molecule has 0 bridgehead atoms. The number of amides is 1. The van der Waals surface area contributed by atoms with E-state index in [0.717, 1.165) is 19.3 Å². The van der Waals surface area contributed by atoms with Gasteiger partial charge in [0.2, 0.25) is 0 Å². The number of halogens is 2. The molecule has 166 valence electrons. The normalized spacial score (nSPS) is 12.6. The van der Waals surface area contributed by atoms with Crippen LogP contribution in [0.3, 0.4) is 0 Å². The number of aliphatic imine (C=N–C) groups is 1. The van der Waals surface area contributed by atoms with Crippen molar-refractivity contribution in [3.05, 3.63) is 29.8 Å². The summed E-state index contributed by atoms with van der Waals surface area (Å²) in [4.78, 5) is 20.4. The molecule has 0 spiro atoms. The summed E-state index contributed by atoms with van der Waals surface area (Å²) in [6.45, 7) is 10.7. The third kappa shape index (κ3) is 12.5. The molecule has 0 radical (unpaired) electrons. The first-order chi connectivity index (χ1) is 13.2. The summed E-state index contributed by atoms with van der Waals surface area (Å²) in [5.41, 5.74) is -0.253. The zero-order chi connectivity index (χ0) is 21.0. The van der Waals surface area contributed by atoms with Crippen molar-refractivity contribution in [2.75, 3.05) is 13.1 Å². The maximum atomic E-state index is 13.8. The number of hydrogen-bond acceptors (Lipinski definition) is 4. The highest BCUT2D eigenvalue weighted by Crippen LogP contribution is 2.07. The van der Waals surface area contributed by atoms with Gasteiger partial charge in [0.05, 0.1) is 12.2 Å². The van der Waals surface area contributed by atoms with E-state index in [0.29, 0.717) is 19.0 Å². The average molecular weight is 523 g/mol. The number of nitrogens with one attached hydrogen (secondary N) is 3. The Morgan fingerprint density at radius 3 is 2.62 bits per heavy atom. The lowest BCUT2D eigenvalue weighted by molar-refractivity contribution is 0.0522. The third-order valence-electron chi connectivity index (χ3n) is 3.70. The molecule has 1 heterocycles. The van der Waals surface area contributed by atoms with Gasteiger partial charge in [0.1, 0.15) is 11.4 Å². The van der Waals surface area contributed by atoms with Crippen LogP contribution in [0.2, 0.25) is 0 Å². The van der Waals surface area contributed by atoms with Crippen molar-refractivity contribution in [3.63, 3.8) is 0 Å². The van der Waals surface area contributed by atoms with Gasteiger partial charge in [-0.3, -0.25) is 4.98 Å². The minimum atomic E-state index is -0.542. The molecule has 0 saturated carbocycles. The Bertz CT molecular complexity index is 638. The van der Waals surface area contributed by atoms with Crippen molar-refractivity contribution >= 4 is 36.0 Å². The Balaban J connectivity index is 0.00000784. The molecule has 3 N–H and O–H groups in total. The molecule has 1 unspecified atom stereocenters. The molecular formula is C20H35FIN5O2. The van der Waals surface area contributed by atoms with Crippen LogP contribution < -0.4 is 16.0 Å². The number of pyridine rings is 1. The Morgan fingerprint density at radius 1 is 1.31 bits per heavy atom. The quantitative estimate of drug-likeness (QED) is 0.259.